The SMILES string of the molecule is O=S(=O)(c1ccccc1)N1C[C@@H](O)[C@](O)(CNC2(c3ccc(Cl)cc3)CC2)C1. The van der Waals surface area contributed by atoms with E-state index in [1.807, 2.05) is 24.3 Å². The Balaban J connectivity index is 1.47. The van der Waals surface area contributed by atoms with E-state index in [4.69, 9.17) is 11.6 Å². The van der Waals surface area contributed by atoms with Crippen LogP contribution < -0.4 is 5.32 Å². The zero-order valence-electron chi connectivity index (χ0n) is 15.3. The van der Waals surface area contributed by atoms with Crippen molar-refractivity contribution < 1.29 is 18.6 Å². The highest BCUT2D eigenvalue weighted by Gasteiger charge is 2.51. The van der Waals surface area contributed by atoms with Crippen LogP contribution in [-0.2, 0) is 15.6 Å². The molecule has 4 rings (SSSR count). The monoisotopic (exact) mass is 422 g/mol. The molecule has 0 bridgehead atoms. The molecule has 1 aliphatic heterocycles. The largest absolute Gasteiger partial charge is 0.389 e. The minimum Gasteiger partial charge on any atom is -0.389 e. The van der Waals surface area contributed by atoms with Gasteiger partial charge in [0.05, 0.1) is 11.0 Å². The molecular formula is C20H23ClN2O4S. The van der Waals surface area contributed by atoms with Gasteiger partial charge in [-0.05, 0) is 42.7 Å². The van der Waals surface area contributed by atoms with Crippen molar-refractivity contribution in [3.8, 4) is 0 Å². The number of hydrogen-bond acceptors (Lipinski definition) is 5. The highest BCUT2D eigenvalue weighted by Crippen LogP contribution is 2.46. The van der Waals surface area contributed by atoms with Crippen LogP contribution in [0, 0.1) is 0 Å². The summed E-state index contributed by atoms with van der Waals surface area (Å²) in [6.07, 6.45) is 0.652. The van der Waals surface area contributed by atoms with Crippen LogP contribution in [0.2, 0.25) is 5.02 Å². The van der Waals surface area contributed by atoms with E-state index in [1.54, 1.807) is 18.2 Å². The Morgan fingerprint density at radius 2 is 1.75 bits per heavy atom. The number of nitrogens with zero attached hydrogens (tertiary/aromatic N) is 1. The maximum atomic E-state index is 12.8. The van der Waals surface area contributed by atoms with Crippen LogP contribution >= 0.6 is 11.6 Å². The molecule has 0 unspecified atom stereocenters. The lowest BCUT2D eigenvalue weighted by Gasteiger charge is -2.29. The fourth-order valence-corrected chi connectivity index (χ4v) is 5.38. The van der Waals surface area contributed by atoms with E-state index in [2.05, 4.69) is 5.32 Å². The predicted octanol–water partition coefficient (Wildman–Crippen LogP) is 1.72. The fraction of sp³-hybridized carbons (Fsp3) is 0.400. The molecule has 3 N–H and O–H groups in total. The number of benzene rings is 2. The first kappa shape index (κ1) is 19.8. The van der Waals surface area contributed by atoms with E-state index in [0.29, 0.717) is 5.02 Å². The number of aliphatic hydroxyl groups is 2. The molecule has 0 spiro atoms. The van der Waals surface area contributed by atoms with Gasteiger partial charge in [-0.15, -0.1) is 0 Å². The van der Waals surface area contributed by atoms with Crippen molar-refractivity contribution in [1.29, 1.82) is 0 Å². The highest BCUT2D eigenvalue weighted by atomic mass is 35.5. The van der Waals surface area contributed by atoms with Gasteiger partial charge in [-0.1, -0.05) is 41.9 Å². The van der Waals surface area contributed by atoms with Crippen molar-refractivity contribution in [1.82, 2.24) is 9.62 Å². The van der Waals surface area contributed by atoms with Crippen molar-refractivity contribution in [2.75, 3.05) is 19.6 Å². The molecule has 2 atom stereocenters. The van der Waals surface area contributed by atoms with E-state index < -0.39 is 21.7 Å². The summed E-state index contributed by atoms with van der Waals surface area (Å²) in [7, 11) is -3.77. The summed E-state index contributed by atoms with van der Waals surface area (Å²) in [4.78, 5) is 0.152. The number of aliphatic hydroxyl groups excluding tert-OH is 1. The van der Waals surface area contributed by atoms with Gasteiger partial charge < -0.3 is 15.5 Å². The number of rotatable bonds is 6. The number of hydrogen-bond donors (Lipinski definition) is 3. The van der Waals surface area contributed by atoms with E-state index in [9.17, 15) is 18.6 Å². The van der Waals surface area contributed by atoms with Crippen LogP contribution in [0.3, 0.4) is 0 Å². The Morgan fingerprint density at radius 1 is 1.11 bits per heavy atom. The highest BCUT2D eigenvalue weighted by molar-refractivity contribution is 7.89. The molecule has 28 heavy (non-hydrogen) atoms. The Bertz CT molecular complexity index is 948. The van der Waals surface area contributed by atoms with Crippen LogP contribution in [0.25, 0.3) is 0 Å². The molecule has 0 aromatic heterocycles. The van der Waals surface area contributed by atoms with Gasteiger partial charge in [-0.3, -0.25) is 0 Å². The maximum absolute atomic E-state index is 12.8. The minimum absolute atomic E-state index is 0.0948. The molecular weight excluding hydrogens is 400 g/mol. The van der Waals surface area contributed by atoms with Gasteiger partial charge in [0.25, 0.3) is 0 Å². The minimum atomic E-state index is -3.77. The summed E-state index contributed by atoms with van der Waals surface area (Å²) in [5.74, 6) is 0. The second-order valence-electron chi connectivity index (χ2n) is 7.67. The second-order valence-corrected chi connectivity index (χ2v) is 10.0. The number of nitrogens with one attached hydrogen (secondary N) is 1. The number of β-amino-alcohol motifs (C(OH)–C–C–N with tert-alkyl or cyclic N) is 2. The molecule has 1 saturated heterocycles. The average Bonchev–Trinajstić information content (AvgIpc) is 3.42. The molecule has 0 amide bonds. The van der Waals surface area contributed by atoms with Gasteiger partial charge in [0.1, 0.15) is 5.60 Å². The van der Waals surface area contributed by atoms with Crippen LogP contribution in [-0.4, -0.2) is 54.3 Å². The molecule has 1 saturated carbocycles. The maximum Gasteiger partial charge on any atom is 0.243 e. The first-order chi connectivity index (χ1) is 13.3. The average molecular weight is 423 g/mol. The third-order valence-electron chi connectivity index (χ3n) is 5.71. The lowest BCUT2D eigenvalue weighted by Crippen LogP contribution is -2.52. The first-order valence-corrected chi connectivity index (χ1v) is 11.0. The summed E-state index contributed by atoms with van der Waals surface area (Å²) in [5, 5.41) is 25.4. The van der Waals surface area contributed by atoms with Crippen molar-refractivity contribution >= 4 is 21.6 Å². The topological polar surface area (TPSA) is 89.9 Å². The molecule has 2 aromatic carbocycles. The second kappa shape index (κ2) is 7.09. The quantitative estimate of drug-likeness (QED) is 0.659. The normalized spacial score (nSPS) is 27.0. The summed E-state index contributed by atoms with van der Waals surface area (Å²) in [6.45, 7) is -0.198. The van der Waals surface area contributed by atoms with Gasteiger partial charge in [0.2, 0.25) is 10.0 Å². The standard InChI is InChI=1S/C20H23ClN2O4S/c21-16-8-6-15(7-9-16)19(10-11-19)22-13-20(25)14-23(12-18(20)24)28(26,27)17-4-2-1-3-5-17/h1-9,18,22,24-25H,10-14H2/t18-,20+/m1/s1. The Morgan fingerprint density at radius 3 is 2.36 bits per heavy atom. The van der Waals surface area contributed by atoms with Crippen LogP contribution in [0.4, 0.5) is 0 Å². The molecule has 1 heterocycles. The zero-order chi connectivity index (χ0) is 20.0. The van der Waals surface area contributed by atoms with E-state index >= 15 is 0 Å². The Kier molecular flexibility index (Phi) is 5.02. The van der Waals surface area contributed by atoms with Crippen molar-refractivity contribution in [3.05, 3.63) is 65.2 Å². The van der Waals surface area contributed by atoms with Crippen molar-refractivity contribution in [2.45, 2.75) is 35.0 Å². The lowest BCUT2D eigenvalue weighted by atomic mass is 9.98. The van der Waals surface area contributed by atoms with Crippen LogP contribution in [0.1, 0.15) is 18.4 Å². The molecule has 2 aromatic rings. The molecule has 1 aliphatic carbocycles. The molecule has 150 valence electrons. The van der Waals surface area contributed by atoms with Crippen molar-refractivity contribution in [3.63, 3.8) is 0 Å². The summed E-state index contributed by atoms with van der Waals surface area (Å²) in [5.41, 5.74) is -0.739. The first-order valence-electron chi connectivity index (χ1n) is 9.22. The van der Waals surface area contributed by atoms with Gasteiger partial charge in [0, 0.05) is 30.2 Å². The van der Waals surface area contributed by atoms with Gasteiger partial charge in [-0.2, -0.15) is 4.31 Å². The Labute approximate surface area is 169 Å². The van der Waals surface area contributed by atoms with Crippen molar-refractivity contribution in [2.24, 2.45) is 0 Å². The molecule has 6 nitrogen and oxygen atoms in total. The van der Waals surface area contributed by atoms with Gasteiger partial charge in [-0.25, -0.2) is 8.42 Å². The molecule has 0 radical (unpaired) electrons. The van der Waals surface area contributed by atoms with E-state index in [-0.39, 0.29) is 30.1 Å². The number of sulfonamides is 1. The third-order valence-corrected chi connectivity index (χ3v) is 7.79. The van der Waals surface area contributed by atoms with Gasteiger partial charge >= 0.3 is 0 Å². The summed E-state index contributed by atoms with van der Waals surface area (Å²) < 4.78 is 26.8. The Hall–Kier alpha value is -1.48. The van der Waals surface area contributed by atoms with Gasteiger partial charge in [0.15, 0.2) is 0 Å². The summed E-state index contributed by atoms with van der Waals surface area (Å²) >= 11 is 5.96. The fourth-order valence-electron chi connectivity index (χ4n) is 3.72. The predicted molar refractivity (Wildman–Crippen MR) is 107 cm³/mol. The lowest BCUT2D eigenvalue weighted by molar-refractivity contribution is -0.0405. The van der Waals surface area contributed by atoms with E-state index in [0.717, 1.165) is 22.7 Å². The molecule has 8 heteroatoms. The molecule has 2 aliphatic rings. The zero-order valence-corrected chi connectivity index (χ0v) is 16.8. The van der Waals surface area contributed by atoms with Crippen LogP contribution in [0.5, 0.6) is 0 Å². The van der Waals surface area contributed by atoms with Crippen LogP contribution in [0.15, 0.2) is 59.5 Å². The smallest absolute Gasteiger partial charge is 0.243 e. The van der Waals surface area contributed by atoms with E-state index in [1.165, 1.54) is 12.1 Å². The third kappa shape index (κ3) is 3.58. The number of halogens is 1. The summed E-state index contributed by atoms with van der Waals surface area (Å²) in [6, 6.07) is 15.6. The molecule has 2 fully saturated rings.